The van der Waals surface area contributed by atoms with Crippen LogP contribution in [0.15, 0.2) is 0 Å². The number of aliphatic hydroxyl groups is 1. The van der Waals surface area contributed by atoms with Crippen LogP contribution in [0.1, 0.15) is 0 Å². The van der Waals surface area contributed by atoms with Crippen LogP contribution in [0.2, 0.25) is 0 Å². The summed E-state index contributed by atoms with van der Waals surface area (Å²) in [5.74, 6) is -0.479. The lowest BCUT2D eigenvalue weighted by molar-refractivity contribution is -0.413. The Morgan fingerprint density at radius 3 is 2.27 bits per heavy atom. The molecular formula is C4H10N4O3. The van der Waals surface area contributed by atoms with Crippen LogP contribution >= 0.6 is 0 Å². The Balaban J connectivity index is 0. The highest BCUT2D eigenvalue weighted by atomic mass is 16.5. The number of esters is 1. The van der Waals surface area contributed by atoms with Crippen molar-refractivity contribution < 1.29 is 20.4 Å². The molecule has 0 aromatic heterocycles. The third-order valence-corrected chi connectivity index (χ3v) is 0.755. The highest BCUT2D eigenvalue weighted by Gasteiger charge is 2.14. The summed E-state index contributed by atoms with van der Waals surface area (Å²) in [6.45, 7) is -0.257. The lowest BCUT2D eigenvalue weighted by Crippen LogP contribution is -2.67. The van der Waals surface area contributed by atoms with Crippen LogP contribution in [0.3, 0.4) is 0 Å². The molecule has 1 atom stereocenters. The average Bonchev–Trinajstić information content (AvgIpc) is 2.03. The van der Waals surface area contributed by atoms with Crippen LogP contribution in [0.5, 0.6) is 0 Å². The van der Waals surface area contributed by atoms with E-state index in [1.165, 1.54) is 12.0 Å². The van der Waals surface area contributed by atoms with E-state index < -0.39 is 12.0 Å². The smallest absolute Gasteiger partial charge is 0.366 e. The summed E-state index contributed by atoms with van der Waals surface area (Å²) >= 11 is 0. The summed E-state index contributed by atoms with van der Waals surface area (Å²) in [6.07, 6.45) is 0. The van der Waals surface area contributed by atoms with Gasteiger partial charge in [-0.15, -0.1) is 0 Å². The van der Waals surface area contributed by atoms with Crippen molar-refractivity contribution in [1.29, 1.82) is 0 Å². The third-order valence-electron chi connectivity index (χ3n) is 0.755. The molecule has 0 aliphatic rings. The molecule has 64 valence electrons. The van der Waals surface area contributed by atoms with Crippen molar-refractivity contribution in [1.82, 2.24) is 0 Å². The van der Waals surface area contributed by atoms with E-state index in [-0.39, 0.29) is 6.61 Å². The second kappa shape index (κ2) is 8.70. The molecule has 4 N–H and O–H groups in total. The van der Waals surface area contributed by atoms with E-state index in [0.717, 1.165) is 0 Å². The molecule has 7 nitrogen and oxygen atoms in total. The zero-order chi connectivity index (χ0) is 9.28. The van der Waals surface area contributed by atoms with Gasteiger partial charge in [0.15, 0.2) is 0 Å². The molecule has 0 aliphatic carbocycles. The summed E-state index contributed by atoms with van der Waals surface area (Å²) in [5.41, 5.74) is 16.8. The Hall–Kier alpha value is -1.30. The highest BCUT2D eigenvalue weighted by Crippen LogP contribution is 1.75. The predicted molar refractivity (Wildman–Crippen MR) is 35.9 cm³/mol. The zero-order valence-electron chi connectivity index (χ0n) is 6.10. The summed E-state index contributed by atoms with van der Waals surface area (Å²) in [6, 6.07) is -0.639. The number of rotatable bonds is 2. The monoisotopic (exact) mass is 162 g/mol. The molecule has 0 amide bonds. The topological polar surface area (TPSA) is 133 Å². The first-order chi connectivity index (χ1) is 5.13. The summed E-state index contributed by atoms with van der Waals surface area (Å²) in [5, 5.41) is 8.27. The molecule has 1 unspecified atom stereocenters. The second-order valence-corrected chi connectivity index (χ2v) is 1.49. The van der Waals surface area contributed by atoms with E-state index in [1.807, 2.05) is 0 Å². The van der Waals surface area contributed by atoms with E-state index in [2.05, 4.69) is 10.5 Å². The Morgan fingerprint density at radius 1 is 1.82 bits per heavy atom. The molecule has 0 fully saturated rings. The second-order valence-electron chi connectivity index (χ2n) is 1.49. The van der Waals surface area contributed by atoms with Crippen molar-refractivity contribution in [2.45, 2.75) is 6.04 Å². The fourth-order valence-corrected chi connectivity index (χ4v) is 0.241. The van der Waals surface area contributed by atoms with Crippen molar-refractivity contribution in [3.63, 3.8) is 0 Å². The number of hydrogen-bond donors (Lipinski definition) is 2. The maximum atomic E-state index is 10.3. The molecule has 0 aromatic carbocycles. The van der Waals surface area contributed by atoms with Gasteiger partial charge in [0, 0.05) is 0 Å². The number of carbonyl (C=O) groups excluding carboxylic acids is 1. The van der Waals surface area contributed by atoms with Crippen LogP contribution in [0.25, 0.3) is 16.0 Å². The molecule has 0 radical (unpaired) electrons. The number of ether oxygens (including phenoxy) is 1. The minimum atomic E-state index is -0.639. The van der Waals surface area contributed by atoms with Gasteiger partial charge in [0.05, 0.1) is 7.11 Å². The van der Waals surface area contributed by atoms with Gasteiger partial charge in [-0.05, 0) is 0 Å². The van der Waals surface area contributed by atoms with Gasteiger partial charge < -0.3 is 26.6 Å². The summed E-state index contributed by atoms with van der Waals surface area (Å²) in [7, 11) is 1.26. The Bertz CT molecular complexity index is 142. The van der Waals surface area contributed by atoms with E-state index >= 15 is 0 Å². The minimum Gasteiger partial charge on any atom is -0.465 e. The fraction of sp³-hybridized carbons (Fsp3) is 0.750. The number of quaternary nitrogens is 1. The number of carbonyl (C=O) groups is 1. The molecule has 0 rings (SSSR count). The van der Waals surface area contributed by atoms with E-state index in [0.29, 0.717) is 0 Å². The molecule has 0 heterocycles. The third kappa shape index (κ3) is 8.70. The maximum Gasteiger partial charge on any atom is 0.366 e. The van der Waals surface area contributed by atoms with Crippen LogP contribution in [0.4, 0.5) is 0 Å². The van der Waals surface area contributed by atoms with Crippen molar-refractivity contribution in [3.05, 3.63) is 16.0 Å². The number of methoxy groups -OCH3 is 1. The van der Waals surface area contributed by atoms with Crippen molar-refractivity contribution >= 4 is 5.97 Å². The lowest BCUT2D eigenvalue weighted by atomic mass is 10.3. The first-order valence-corrected chi connectivity index (χ1v) is 2.64. The minimum absolute atomic E-state index is 0.257. The van der Waals surface area contributed by atoms with Crippen molar-refractivity contribution in [2.75, 3.05) is 13.7 Å². The van der Waals surface area contributed by atoms with Gasteiger partial charge in [-0.25, -0.2) is 4.79 Å². The van der Waals surface area contributed by atoms with Crippen molar-refractivity contribution in [2.24, 2.45) is 0 Å². The predicted octanol–water partition coefficient (Wildman–Crippen LogP) is -1.37. The van der Waals surface area contributed by atoms with Gasteiger partial charge in [0.2, 0.25) is 6.04 Å². The van der Waals surface area contributed by atoms with Gasteiger partial charge >= 0.3 is 5.97 Å². The SMILES string of the molecule is COC(=O)C([NH3+])CO.[N-]=[N+]=[N-]. The quantitative estimate of drug-likeness (QED) is 0.224. The molecule has 0 saturated carbocycles. The normalized spacial score (nSPS) is 10.1. The van der Waals surface area contributed by atoms with Crippen LogP contribution in [-0.4, -0.2) is 30.8 Å². The zero-order valence-corrected chi connectivity index (χ0v) is 6.10. The Labute approximate surface area is 63.2 Å². The number of nitrogens with zero attached hydrogens (tertiary/aromatic N) is 3. The molecule has 0 spiro atoms. The van der Waals surface area contributed by atoms with Gasteiger partial charge in [0.25, 0.3) is 0 Å². The van der Waals surface area contributed by atoms with Gasteiger partial charge in [0.1, 0.15) is 6.61 Å². The highest BCUT2D eigenvalue weighted by molar-refractivity contribution is 5.73. The largest absolute Gasteiger partial charge is 0.465 e. The van der Waals surface area contributed by atoms with Crippen LogP contribution in [-0.2, 0) is 9.53 Å². The van der Waals surface area contributed by atoms with E-state index in [1.54, 1.807) is 0 Å². The fourth-order valence-electron chi connectivity index (χ4n) is 0.241. The standard InChI is InChI=1S/C4H9NO3.N3/c1-8-4(7)3(5)2-6;1-3-2/h3,6H,2,5H2,1H3;/q;-1/p+1. The molecular weight excluding hydrogens is 152 g/mol. The lowest BCUT2D eigenvalue weighted by Gasteiger charge is -1.99. The molecule has 0 saturated heterocycles. The van der Waals surface area contributed by atoms with E-state index in [4.69, 9.17) is 16.2 Å². The van der Waals surface area contributed by atoms with Crippen molar-refractivity contribution in [3.8, 4) is 0 Å². The van der Waals surface area contributed by atoms with Crippen LogP contribution < -0.4 is 5.73 Å². The first kappa shape index (κ1) is 12.4. The first-order valence-electron chi connectivity index (χ1n) is 2.64. The summed E-state index contributed by atoms with van der Waals surface area (Å²) < 4.78 is 4.24. The molecule has 7 heteroatoms. The average molecular weight is 162 g/mol. The molecule has 0 aromatic rings. The van der Waals surface area contributed by atoms with Gasteiger partial charge in [-0.3, -0.25) is 4.91 Å². The van der Waals surface area contributed by atoms with Gasteiger partial charge in [-0.2, -0.15) is 0 Å². The number of hydrogen-bond acceptors (Lipinski definition) is 3. The Morgan fingerprint density at radius 2 is 2.18 bits per heavy atom. The molecule has 0 bridgehead atoms. The summed E-state index contributed by atoms with van der Waals surface area (Å²) in [4.78, 5) is 11.8. The molecule has 11 heavy (non-hydrogen) atoms. The number of aliphatic hydroxyl groups excluding tert-OH is 1. The van der Waals surface area contributed by atoms with Crippen LogP contribution in [0, 0.1) is 0 Å². The van der Waals surface area contributed by atoms with Gasteiger partial charge in [-0.1, -0.05) is 0 Å². The Kier molecular flexibility index (Phi) is 9.79. The molecule has 0 aliphatic heterocycles. The maximum absolute atomic E-state index is 10.3. The van der Waals surface area contributed by atoms with E-state index in [9.17, 15) is 4.79 Å².